The van der Waals surface area contributed by atoms with Gasteiger partial charge in [-0.05, 0) is 31.5 Å². The van der Waals surface area contributed by atoms with Crippen LogP contribution in [0.2, 0.25) is 0 Å². The van der Waals surface area contributed by atoms with E-state index < -0.39 is 12.0 Å². The van der Waals surface area contributed by atoms with Crippen LogP contribution in [0.25, 0.3) is 0 Å². The summed E-state index contributed by atoms with van der Waals surface area (Å²) in [6, 6.07) is 17.6. The molecule has 0 aliphatic carbocycles. The molecule has 2 N–H and O–H groups in total. The van der Waals surface area contributed by atoms with Crippen molar-refractivity contribution in [2.75, 3.05) is 11.9 Å². The van der Waals surface area contributed by atoms with Crippen LogP contribution in [0, 0.1) is 6.92 Å². The number of esters is 1. The van der Waals surface area contributed by atoms with Crippen LogP contribution in [0.1, 0.15) is 50.7 Å². The lowest BCUT2D eigenvalue weighted by Crippen LogP contribution is -2.31. The van der Waals surface area contributed by atoms with Gasteiger partial charge in [-0.2, -0.15) is 0 Å². The van der Waals surface area contributed by atoms with Crippen molar-refractivity contribution in [1.29, 1.82) is 0 Å². The summed E-state index contributed by atoms with van der Waals surface area (Å²) in [5, 5.41) is 5.96. The van der Waals surface area contributed by atoms with Crippen molar-refractivity contribution in [2.45, 2.75) is 26.3 Å². The van der Waals surface area contributed by atoms with Crippen LogP contribution in [0.15, 0.2) is 60.7 Å². The van der Waals surface area contributed by atoms with E-state index in [1.54, 1.807) is 38.1 Å². The normalized spacial score (nSPS) is 11.4. The third-order valence-electron chi connectivity index (χ3n) is 4.44. The summed E-state index contributed by atoms with van der Waals surface area (Å²) in [6.45, 7) is 3.67. The molecule has 0 aliphatic heterocycles. The van der Waals surface area contributed by atoms with E-state index in [2.05, 4.69) is 15.6 Å². The van der Waals surface area contributed by atoms with E-state index in [0.717, 1.165) is 16.9 Å². The van der Waals surface area contributed by atoms with E-state index in [9.17, 15) is 14.4 Å². The maximum Gasteiger partial charge on any atom is 0.350 e. The highest BCUT2D eigenvalue weighted by Crippen LogP contribution is 2.25. The third-order valence-corrected chi connectivity index (χ3v) is 5.49. The monoisotopic (exact) mass is 437 g/mol. The summed E-state index contributed by atoms with van der Waals surface area (Å²) < 4.78 is 5.01. The van der Waals surface area contributed by atoms with Gasteiger partial charge in [0, 0.05) is 5.56 Å². The molecular formula is C23H23N3O4S. The van der Waals surface area contributed by atoms with Crippen molar-refractivity contribution in [3.8, 4) is 0 Å². The molecule has 0 spiro atoms. The van der Waals surface area contributed by atoms with Gasteiger partial charge in [0.25, 0.3) is 5.91 Å². The minimum Gasteiger partial charge on any atom is -0.462 e. The standard InChI is InChI=1S/C23H23N3O4S/c1-3-30-22(29)20-15(2)24-23(31-20)26-19(27)14-18(16-10-6-4-7-11-16)25-21(28)17-12-8-5-9-13-17/h4-13,18H,3,14H2,1-2H3,(H,25,28)(H,24,26,27). The number of hydrogen-bond acceptors (Lipinski definition) is 6. The number of rotatable bonds is 8. The number of nitrogens with zero attached hydrogens (tertiary/aromatic N) is 1. The van der Waals surface area contributed by atoms with Gasteiger partial charge in [0.2, 0.25) is 5.91 Å². The molecule has 3 rings (SSSR count). The number of aromatic nitrogens is 1. The average Bonchev–Trinajstić information content (AvgIpc) is 3.14. The number of amides is 2. The molecule has 1 unspecified atom stereocenters. The smallest absolute Gasteiger partial charge is 0.350 e. The number of carbonyl (C=O) groups is 3. The lowest BCUT2D eigenvalue weighted by molar-refractivity contribution is -0.116. The number of aryl methyl sites for hydroxylation is 1. The van der Waals surface area contributed by atoms with Crippen molar-refractivity contribution < 1.29 is 19.1 Å². The molecule has 1 atom stereocenters. The molecule has 3 aromatic rings. The second kappa shape index (κ2) is 10.5. The van der Waals surface area contributed by atoms with Crippen molar-refractivity contribution in [3.05, 3.63) is 82.4 Å². The van der Waals surface area contributed by atoms with Crippen LogP contribution >= 0.6 is 11.3 Å². The second-order valence-corrected chi connectivity index (χ2v) is 7.71. The first-order chi connectivity index (χ1) is 15.0. The molecule has 0 radical (unpaired) electrons. The number of nitrogens with one attached hydrogen (secondary N) is 2. The van der Waals surface area contributed by atoms with Gasteiger partial charge in [-0.15, -0.1) is 0 Å². The Morgan fingerprint density at radius 2 is 1.68 bits per heavy atom. The summed E-state index contributed by atoms with van der Waals surface area (Å²) in [5.41, 5.74) is 1.82. The molecule has 0 saturated heterocycles. The molecule has 2 amide bonds. The van der Waals surface area contributed by atoms with Crippen molar-refractivity contribution in [2.24, 2.45) is 0 Å². The van der Waals surface area contributed by atoms with E-state index in [4.69, 9.17) is 4.74 Å². The first-order valence-corrected chi connectivity index (χ1v) is 10.6. The van der Waals surface area contributed by atoms with E-state index in [1.165, 1.54) is 0 Å². The highest BCUT2D eigenvalue weighted by Gasteiger charge is 2.21. The zero-order chi connectivity index (χ0) is 22.2. The van der Waals surface area contributed by atoms with E-state index in [1.807, 2.05) is 36.4 Å². The summed E-state index contributed by atoms with van der Waals surface area (Å²) >= 11 is 1.06. The summed E-state index contributed by atoms with van der Waals surface area (Å²) in [7, 11) is 0. The SMILES string of the molecule is CCOC(=O)c1sc(NC(=O)CC(NC(=O)c2ccccc2)c2ccccc2)nc1C. The first-order valence-electron chi connectivity index (χ1n) is 9.83. The van der Waals surface area contributed by atoms with Crippen molar-refractivity contribution in [3.63, 3.8) is 0 Å². The highest BCUT2D eigenvalue weighted by molar-refractivity contribution is 7.17. The van der Waals surface area contributed by atoms with E-state index >= 15 is 0 Å². The minimum absolute atomic E-state index is 0.00988. The van der Waals surface area contributed by atoms with Crippen LogP contribution in [0.5, 0.6) is 0 Å². The minimum atomic E-state index is -0.528. The Labute approximate surface area is 184 Å². The lowest BCUT2D eigenvalue weighted by atomic mass is 10.0. The molecule has 0 fully saturated rings. The van der Waals surface area contributed by atoms with Gasteiger partial charge in [0.15, 0.2) is 5.13 Å². The lowest BCUT2D eigenvalue weighted by Gasteiger charge is -2.19. The van der Waals surface area contributed by atoms with Gasteiger partial charge in [-0.3, -0.25) is 9.59 Å². The van der Waals surface area contributed by atoms with Gasteiger partial charge in [-0.25, -0.2) is 9.78 Å². The molecule has 0 saturated carbocycles. The summed E-state index contributed by atoms with van der Waals surface area (Å²) in [4.78, 5) is 41.9. The number of ether oxygens (including phenoxy) is 1. The number of thiazole rings is 1. The maximum atomic E-state index is 12.7. The molecule has 1 aromatic heterocycles. The Bertz CT molecular complexity index is 1050. The fourth-order valence-electron chi connectivity index (χ4n) is 2.96. The Hall–Kier alpha value is -3.52. The van der Waals surface area contributed by atoms with Gasteiger partial charge >= 0.3 is 5.97 Å². The van der Waals surface area contributed by atoms with Crippen LogP contribution < -0.4 is 10.6 Å². The topological polar surface area (TPSA) is 97.4 Å². The highest BCUT2D eigenvalue weighted by atomic mass is 32.1. The molecular weight excluding hydrogens is 414 g/mol. The Balaban J connectivity index is 1.72. The van der Waals surface area contributed by atoms with E-state index in [-0.39, 0.29) is 24.8 Å². The van der Waals surface area contributed by atoms with Crippen LogP contribution in [0.3, 0.4) is 0 Å². The Morgan fingerprint density at radius 3 is 2.32 bits per heavy atom. The van der Waals surface area contributed by atoms with Gasteiger partial charge in [-0.1, -0.05) is 59.9 Å². The quantitative estimate of drug-likeness (QED) is 0.517. The second-order valence-electron chi connectivity index (χ2n) is 6.71. The van der Waals surface area contributed by atoms with Crippen LogP contribution in [-0.4, -0.2) is 29.4 Å². The average molecular weight is 438 g/mol. The van der Waals surface area contributed by atoms with Gasteiger partial charge in [0.1, 0.15) is 4.88 Å². The maximum absolute atomic E-state index is 12.7. The largest absolute Gasteiger partial charge is 0.462 e. The van der Waals surface area contributed by atoms with Gasteiger partial charge < -0.3 is 15.4 Å². The predicted molar refractivity (Wildman–Crippen MR) is 119 cm³/mol. The van der Waals surface area contributed by atoms with E-state index in [0.29, 0.717) is 21.3 Å². The van der Waals surface area contributed by atoms with Crippen LogP contribution in [-0.2, 0) is 9.53 Å². The molecule has 0 bridgehead atoms. The third kappa shape index (κ3) is 5.99. The molecule has 1 heterocycles. The summed E-state index contributed by atoms with van der Waals surface area (Å²) in [6.07, 6.45) is 0.00988. The Kier molecular flexibility index (Phi) is 7.50. The molecule has 160 valence electrons. The van der Waals surface area contributed by atoms with Crippen molar-refractivity contribution in [1.82, 2.24) is 10.3 Å². The zero-order valence-electron chi connectivity index (χ0n) is 17.3. The van der Waals surface area contributed by atoms with Gasteiger partial charge in [0.05, 0.1) is 24.8 Å². The number of benzene rings is 2. The summed E-state index contributed by atoms with van der Waals surface area (Å²) in [5.74, 6) is -1.06. The number of anilines is 1. The molecule has 31 heavy (non-hydrogen) atoms. The van der Waals surface area contributed by atoms with Crippen molar-refractivity contribution >= 4 is 34.3 Å². The first kappa shape index (κ1) is 22.2. The molecule has 0 aliphatic rings. The zero-order valence-corrected chi connectivity index (χ0v) is 18.1. The predicted octanol–water partition coefficient (Wildman–Crippen LogP) is 4.13. The molecule has 2 aromatic carbocycles. The van der Waals surface area contributed by atoms with Crippen LogP contribution in [0.4, 0.5) is 5.13 Å². The molecule has 7 nitrogen and oxygen atoms in total. The fraction of sp³-hybridized carbons (Fsp3) is 0.217. The molecule has 8 heteroatoms. The number of hydrogen-bond donors (Lipinski definition) is 2. The number of carbonyl (C=O) groups excluding carboxylic acids is 3. The Morgan fingerprint density at radius 1 is 1.03 bits per heavy atom. The fourth-order valence-corrected chi connectivity index (χ4v) is 3.84.